The Labute approximate surface area is 128 Å². The molecule has 1 saturated heterocycles. The van der Waals surface area contributed by atoms with Crippen molar-refractivity contribution in [3.8, 4) is 17.1 Å². The van der Waals surface area contributed by atoms with Crippen molar-refractivity contribution in [3.05, 3.63) is 42.8 Å². The van der Waals surface area contributed by atoms with Crippen LogP contribution in [0.1, 0.15) is 24.8 Å². The third kappa shape index (κ3) is 2.59. The lowest BCUT2D eigenvalue weighted by Crippen LogP contribution is -2.28. The lowest BCUT2D eigenvalue weighted by Gasteiger charge is -2.19. The average molecular weight is 299 g/mol. The zero-order chi connectivity index (χ0) is 15.5. The van der Waals surface area contributed by atoms with E-state index in [-0.39, 0.29) is 11.9 Å². The number of ether oxygens (including phenoxy) is 1. The zero-order valence-electron chi connectivity index (χ0n) is 12.4. The minimum Gasteiger partial charge on any atom is -0.497 e. The molecule has 1 fully saturated rings. The maximum Gasteiger partial charge on any atom is 0.249 e. The van der Waals surface area contributed by atoms with E-state index in [1.165, 1.54) is 6.08 Å². The molecule has 3 rings (SSSR count). The van der Waals surface area contributed by atoms with Gasteiger partial charge < -0.3 is 14.2 Å². The molecule has 1 aliphatic rings. The fraction of sp³-hybridized carbons (Fsp3) is 0.312. The maximum atomic E-state index is 11.8. The molecule has 2 heterocycles. The lowest BCUT2D eigenvalue weighted by molar-refractivity contribution is -0.127. The standard InChI is InChI=1S/C16H17N3O3/c1-3-14(20)19-10-4-5-13(19)16-17-15(18-22-16)11-6-8-12(21-2)9-7-11/h3,6-9,13H,1,4-5,10H2,2H3. The second-order valence-electron chi connectivity index (χ2n) is 5.08. The monoisotopic (exact) mass is 299 g/mol. The third-order valence-electron chi connectivity index (χ3n) is 3.79. The molecule has 6 nitrogen and oxygen atoms in total. The maximum absolute atomic E-state index is 11.8. The van der Waals surface area contributed by atoms with Crippen LogP contribution in [-0.2, 0) is 4.79 Å². The summed E-state index contributed by atoms with van der Waals surface area (Å²) in [6.07, 6.45) is 3.06. The third-order valence-corrected chi connectivity index (χ3v) is 3.79. The smallest absolute Gasteiger partial charge is 0.249 e. The van der Waals surface area contributed by atoms with E-state index in [4.69, 9.17) is 9.26 Å². The molecular weight excluding hydrogens is 282 g/mol. The molecule has 0 bridgehead atoms. The summed E-state index contributed by atoms with van der Waals surface area (Å²) in [6.45, 7) is 4.22. The van der Waals surface area contributed by atoms with Crippen molar-refractivity contribution in [2.75, 3.05) is 13.7 Å². The molecule has 1 amide bonds. The van der Waals surface area contributed by atoms with Crippen molar-refractivity contribution in [3.63, 3.8) is 0 Å². The number of hydrogen-bond donors (Lipinski definition) is 0. The van der Waals surface area contributed by atoms with E-state index in [9.17, 15) is 4.79 Å². The van der Waals surface area contributed by atoms with Gasteiger partial charge in [-0.3, -0.25) is 4.79 Å². The predicted molar refractivity (Wildman–Crippen MR) is 80.2 cm³/mol. The number of carbonyl (C=O) groups is 1. The molecule has 6 heteroatoms. The molecule has 0 aliphatic carbocycles. The van der Waals surface area contributed by atoms with Crippen LogP contribution in [0.25, 0.3) is 11.4 Å². The first kappa shape index (κ1) is 14.3. The van der Waals surface area contributed by atoms with Crippen LogP contribution in [0.15, 0.2) is 41.4 Å². The van der Waals surface area contributed by atoms with Gasteiger partial charge in [0.05, 0.1) is 7.11 Å². The number of likely N-dealkylation sites (tertiary alicyclic amines) is 1. The van der Waals surface area contributed by atoms with Gasteiger partial charge >= 0.3 is 0 Å². The quantitative estimate of drug-likeness (QED) is 0.812. The molecule has 1 unspecified atom stereocenters. The minimum absolute atomic E-state index is 0.105. The Morgan fingerprint density at radius 2 is 2.23 bits per heavy atom. The number of amides is 1. The Bertz CT molecular complexity index is 678. The molecule has 0 saturated carbocycles. The first-order valence-corrected chi connectivity index (χ1v) is 7.14. The Balaban J connectivity index is 1.83. The van der Waals surface area contributed by atoms with Gasteiger partial charge in [0, 0.05) is 12.1 Å². The molecule has 1 aromatic heterocycles. The summed E-state index contributed by atoms with van der Waals surface area (Å²) in [5.74, 6) is 1.65. The van der Waals surface area contributed by atoms with Gasteiger partial charge in [0.1, 0.15) is 11.8 Å². The van der Waals surface area contributed by atoms with Crippen LogP contribution in [0.3, 0.4) is 0 Å². The van der Waals surface area contributed by atoms with Gasteiger partial charge in [-0.2, -0.15) is 4.98 Å². The van der Waals surface area contributed by atoms with Crippen molar-refractivity contribution in [1.82, 2.24) is 15.0 Å². The Kier molecular flexibility index (Phi) is 3.91. The first-order valence-electron chi connectivity index (χ1n) is 7.14. The highest BCUT2D eigenvalue weighted by atomic mass is 16.5. The van der Waals surface area contributed by atoms with E-state index >= 15 is 0 Å². The molecule has 2 aromatic rings. The van der Waals surface area contributed by atoms with Crippen LogP contribution in [0.2, 0.25) is 0 Å². The minimum atomic E-state index is -0.162. The number of carbonyl (C=O) groups excluding carboxylic acids is 1. The number of methoxy groups -OCH3 is 1. The van der Waals surface area contributed by atoms with Gasteiger partial charge in [-0.05, 0) is 43.2 Å². The van der Waals surface area contributed by atoms with E-state index in [1.807, 2.05) is 24.3 Å². The van der Waals surface area contributed by atoms with Gasteiger partial charge in [0.25, 0.3) is 0 Å². The highest BCUT2D eigenvalue weighted by Crippen LogP contribution is 2.32. The highest BCUT2D eigenvalue weighted by Gasteiger charge is 2.32. The zero-order valence-corrected chi connectivity index (χ0v) is 12.4. The van der Waals surface area contributed by atoms with Gasteiger partial charge in [0.15, 0.2) is 0 Å². The van der Waals surface area contributed by atoms with Crippen molar-refractivity contribution in [2.24, 2.45) is 0 Å². The molecule has 1 aromatic carbocycles. The largest absolute Gasteiger partial charge is 0.497 e. The lowest BCUT2D eigenvalue weighted by atomic mass is 10.2. The van der Waals surface area contributed by atoms with Crippen LogP contribution in [0, 0.1) is 0 Å². The molecule has 1 aliphatic heterocycles. The van der Waals surface area contributed by atoms with E-state index in [0.29, 0.717) is 18.3 Å². The van der Waals surface area contributed by atoms with Gasteiger partial charge in [0.2, 0.25) is 17.6 Å². The molecule has 0 radical (unpaired) electrons. The Hall–Kier alpha value is -2.63. The Morgan fingerprint density at radius 3 is 2.91 bits per heavy atom. The van der Waals surface area contributed by atoms with Crippen LogP contribution in [0.5, 0.6) is 5.75 Å². The molecule has 114 valence electrons. The second kappa shape index (κ2) is 6.01. The van der Waals surface area contributed by atoms with Crippen molar-refractivity contribution in [2.45, 2.75) is 18.9 Å². The number of aromatic nitrogens is 2. The van der Waals surface area contributed by atoms with E-state index < -0.39 is 0 Å². The highest BCUT2D eigenvalue weighted by molar-refractivity contribution is 5.87. The number of rotatable bonds is 4. The summed E-state index contributed by atoms with van der Waals surface area (Å²) in [4.78, 5) is 18.0. The molecule has 0 N–H and O–H groups in total. The molecular formula is C16H17N3O3. The molecule has 0 spiro atoms. The molecule has 1 atom stereocenters. The fourth-order valence-electron chi connectivity index (χ4n) is 2.63. The summed E-state index contributed by atoms with van der Waals surface area (Å²) in [7, 11) is 1.62. The van der Waals surface area contributed by atoms with Crippen molar-refractivity contribution < 1.29 is 14.1 Å². The van der Waals surface area contributed by atoms with Crippen LogP contribution < -0.4 is 4.74 Å². The summed E-state index contributed by atoms with van der Waals surface area (Å²) >= 11 is 0. The van der Waals surface area contributed by atoms with Crippen LogP contribution in [0.4, 0.5) is 0 Å². The number of hydrogen-bond acceptors (Lipinski definition) is 5. The number of nitrogens with zero attached hydrogens (tertiary/aromatic N) is 3. The van der Waals surface area contributed by atoms with Gasteiger partial charge in [-0.25, -0.2) is 0 Å². The van der Waals surface area contributed by atoms with E-state index in [0.717, 1.165) is 24.2 Å². The van der Waals surface area contributed by atoms with E-state index in [1.54, 1.807) is 12.0 Å². The second-order valence-corrected chi connectivity index (χ2v) is 5.08. The fourth-order valence-corrected chi connectivity index (χ4v) is 2.63. The predicted octanol–water partition coefficient (Wildman–Crippen LogP) is 2.59. The van der Waals surface area contributed by atoms with Crippen LogP contribution in [-0.4, -0.2) is 34.6 Å². The first-order chi connectivity index (χ1) is 10.7. The normalized spacial score (nSPS) is 17.5. The van der Waals surface area contributed by atoms with Crippen LogP contribution >= 0.6 is 0 Å². The van der Waals surface area contributed by atoms with Crippen molar-refractivity contribution in [1.29, 1.82) is 0 Å². The van der Waals surface area contributed by atoms with Gasteiger partial charge in [-0.1, -0.05) is 11.7 Å². The van der Waals surface area contributed by atoms with Crippen molar-refractivity contribution >= 4 is 5.91 Å². The summed E-state index contributed by atoms with van der Waals surface area (Å²) in [5.41, 5.74) is 0.843. The average Bonchev–Trinajstić information content (AvgIpc) is 3.23. The SMILES string of the molecule is C=CC(=O)N1CCCC1c1nc(-c2ccc(OC)cc2)no1. The summed E-state index contributed by atoms with van der Waals surface area (Å²) in [5, 5.41) is 4.02. The summed E-state index contributed by atoms with van der Waals surface area (Å²) in [6, 6.07) is 7.26. The topological polar surface area (TPSA) is 68.5 Å². The molecule has 22 heavy (non-hydrogen) atoms. The Morgan fingerprint density at radius 1 is 1.45 bits per heavy atom. The van der Waals surface area contributed by atoms with Gasteiger partial charge in [-0.15, -0.1) is 0 Å². The number of benzene rings is 1. The van der Waals surface area contributed by atoms with E-state index in [2.05, 4.69) is 16.7 Å². The summed E-state index contributed by atoms with van der Waals surface area (Å²) < 4.78 is 10.5.